The molecule has 1 aliphatic rings. The van der Waals surface area contributed by atoms with Crippen LogP contribution in [-0.2, 0) is 0 Å². The monoisotopic (exact) mass is 209 g/mol. The topological polar surface area (TPSA) is 39.7 Å². The van der Waals surface area contributed by atoms with Gasteiger partial charge < -0.3 is 19.5 Å². The van der Waals surface area contributed by atoms with E-state index in [1.807, 2.05) is 18.2 Å². The Kier molecular flexibility index (Phi) is 2.97. The van der Waals surface area contributed by atoms with Gasteiger partial charge in [0.1, 0.15) is 23.4 Å². The summed E-state index contributed by atoms with van der Waals surface area (Å²) in [5.74, 6) is 2.28. The predicted octanol–water partition coefficient (Wildman–Crippen LogP) is 1.05. The first kappa shape index (κ1) is 10.1. The molecule has 0 amide bonds. The standard InChI is InChI=1S/C11H15NO3/c1-13-8-3-9(14-2)5-10(4-8)15-11-6-12-7-11/h3-5,11-12H,6-7H2,1-2H3. The Hall–Kier alpha value is -1.42. The highest BCUT2D eigenvalue weighted by molar-refractivity contribution is 5.42. The molecule has 0 bridgehead atoms. The van der Waals surface area contributed by atoms with Gasteiger partial charge in [0.25, 0.3) is 0 Å². The summed E-state index contributed by atoms with van der Waals surface area (Å²) in [5, 5.41) is 3.15. The van der Waals surface area contributed by atoms with Crippen molar-refractivity contribution in [2.75, 3.05) is 27.3 Å². The van der Waals surface area contributed by atoms with E-state index in [0.29, 0.717) is 0 Å². The highest BCUT2D eigenvalue weighted by Crippen LogP contribution is 2.28. The normalized spacial score (nSPS) is 15.6. The van der Waals surface area contributed by atoms with Gasteiger partial charge >= 0.3 is 0 Å². The fourth-order valence-corrected chi connectivity index (χ4v) is 1.39. The molecule has 0 atom stereocenters. The smallest absolute Gasteiger partial charge is 0.127 e. The SMILES string of the molecule is COc1cc(OC)cc(OC2CNC2)c1. The van der Waals surface area contributed by atoms with Crippen LogP contribution in [0.4, 0.5) is 0 Å². The molecular formula is C11H15NO3. The molecule has 1 aromatic rings. The number of hydrogen-bond donors (Lipinski definition) is 1. The van der Waals surface area contributed by atoms with Gasteiger partial charge in [-0.1, -0.05) is 0 Å². The van der Waals surface area contributed by atoms with E-state index in [1.165, 1.54) is 0 Å². The second-order valence-electron chi connectivity index (χ2n) is 3.45. The average Bonchev–Trinajstić information content (AvgIpc) is 2.23. The van der Waals surface area contributed by atoms with Gasteiger partial charge in [0.05, 0.1) is 14.2 Å². The van der Waals surface area contributed by atoms with Gasteiger partial charge in [0, 0.05) is 31.3 Å². The van der Waals surface area contributed by atoms with Crippen LogP contribution in [0.2, 0.25) is 0 Å². The van der Waals surface area contributed by atoms with Crippen LogP contribution < -0.4 is 19.5 Å². The van der Waals surface area contributed by atoms with Crippen molar-refractivity contribution in [3.05, 3.63) is 18.2 Å². The first-order chi connectivity index (χ1) is 7.31. The lowest BCUT2D eigenvalue weighted by molar-refractivity contribution is 0.141. The quantitative estimate of drug-likeness (QED) is 0.804. The van der Waals surface area contributed by atoms with Crippen LogP contribution >= 0.6 is 0 Å². The summed E-state index contributed by atoms with van der Waals surface area (Å²) < 4.78 is 16.0. The molecule has 82 valence electrons. The molecule has 0 unspecified atom stereocenters. The summed E-state index contributed by atoms with van der Waals surface area (Å²) in [4.78, 5) is 0. The lowest BCUT2D eigenvalue weighted by Gasteiger charge is -2.28. The van der Waals surface area contributed by atoms with Gasteiger partial charge in [-0.3, -0.25) is 0 Å². The van der Waals surface area contributed by atoms with Gasteiger partial charge in [0.2, 0.25) is 0 Å². The highest BCUT2D eigenvalue weighted by atomic mass is 16.5. The maximum absolute atomic E-state index is 5.71. The molecule has 1 heterocycles. The molecule has 4 heteroatoms. The highest BCUT2D eigenvalue weighted by Gasteiger charge is 2.18. The fraction of sp³-hybridized carbons (Fsp3) is 0.455. The number of ether oxygens (including phenoxy) is 3. The first-order valence-corrected chi connectivity index (χ1v) is 4.92. The summed E-state index contributed by atoms with van der Waals surface area (Å²) in [6.45, 7) is 1.80. The maximum Gasteiger partial charge on any atom is 0.127 e. The molecule has 2 rings (SSSR count). The first-order valence-electron chi connectivity index (χ1n) is 4.92. The minimum atomic E-state index is 0.266. The fourth-order valence-electron chi connectivity index (χ4n) is 1.39. The molecule has 0 aliphatic carbocycles. The van der Waals surface area contributed by atoms with Crippen molar-refractivity contribution in [3.63, 3.8) is 0 Å². The lowest BCUT2D eigenvalue weighted by atomic mass is 10.2. The van der Waals surface area contributed by atoms with Crippen LogP contribution in [0.25, 0.3) is 0 Å². The number of methoxy groups -OCH3 is 2. The van der Waals surface area contributed by atoms with E-state index in [1.54, 1.807) is 14.2 Å². The molecule has 1 fully saturated rings. The molecule has 0 spiro atoms. The summed E-state index contributed by atoms with van der Waals surface area (Å²) in [7, 11) is 3.26. The molecule has 1 aliphatic heterocycles. The van der Waals surface area contributed by atoms with E-state index in [2.05, 4.69) is 5.32 Å². The van der Waals surface area contributed by atoms with Crippen LogP contribution in [0.5, 0.6) is 17.2 Å². The molecule has 1 N–H and O–H groups in total. The Morgan fingerprint density at radius 3 is 1.93 bits per heavy atom. The Morgan fingerprint density at radius 1 is 1.00 bits per heavy atom. The Morgan fingerprint density at radius 2 is 1.53 bits per heavy atom. The maximum atomic E-state index is 5.71. The van der Waals surface area contributed by atoms with Crippen LogP contribution in [0, 0.1) is 0 Å². The van der Waals surface area contributed by atoms with Crippen LogP contribution in [0.15, 0.2) is 18.2 Å². The van der Waals surface area contributed by atoms with Crippen molar-refractivity contribution < 1.29 is 14.2 Å². The molecular weight excluding hydrogens is 194 g/mol. The second-order valence-corrected chi connectivity index (χ2v) is 3.45. The van der Waals surface area contributed by atoms with Gasteiger partial charge in [-0.05, 0) is 0 Å². The van der Waals surface area contributed by atoms with Crippen molar-refractivity contribution in [2.45, 2.75) is 6.10 Å². The summed E-state index contributed by atoms with van der Waals surface area (Å²) in [6.07, 6.45) is 0.266. The van der Waals surface area contributed by atoms with E-state index in [-0.39, 0.29) is 6.10 Å². The van der Waals surface area contributed by atoms with Crippen LogP contribution in [0.3, 0.4) is 0 Å². The van der Waals surface area contributed by atoms with E-state index in [9.17, 15) is 0 Å². The minimum absolute atomic E-state index is 0.266. The number of nitrogens with one attached hydrogen (secondary N) is 1. The van der Waals surface area contributed by atoms with E-state index in [0.717, 1.165) is 30.3 Å². The Labute approximate surface area is 89.1 Å². The van der Waals surface area contributed by atoms with Gasteiger partial charge in [0.15, 0.2) is 0 Å². The summed E-state index contributed by atoms with van der Waals surface area (Å²) >= 11 is 0. The Bertz CT molecular complexity index is 314. The molecule has 0 radical (unpaired) electrons. The van der Waals surface area contributed by atoms with Crippen molar-refractivity contribution in [1.29, 1.82) is 0 Å². The number of rotatable bonds is 4. The number of benzene rings is 1. The number of hydrogen-bond acceptors (Lipinski definition) is 4. The van der Waals surface area contributed by atoms with E-state index < -0.39 is 0 Å². The molecule has 0 aromatic heterocycles. The molecule has 15 heavy (non-hydrogen) atoms. The summed E-state index contributed by atoms with van der Waals surface area (Å²) in [6, 6.07) is 5.55. The molecule has 1 saturated heterocycles. The minimum Gasteiger partial charge on any atom is -0.496 e. The van der Waals surface area contributed by atoms with Crippen LogP contribution in [-0.4, -0.2) is 33.4 Å². The largest absolute Gasteiger partial charge is 0.496 e. The third-order valence-electron chi connectivity index (χ3n) is 2.37. The molecule has 0 saturated carbocycles. The van der Waals surface area contributed by atoms with Crippen molar-refractivity contribution in [2.24, 2.45) is 0 Å². The Balaban J connectivity index is 2.13. The van der Waals surface area contributed by atoms with Crippen molar-refractivity contribution in [3.8, 4) is 17.2 Å². The van der Waals surface area contributed by atoms with E-state index >= 15 is 0 Å². The van der Waals surface area contributed by atoms with Crippen molar-refractivity contribution >= 4 is 0 Å². The van der Waals surface area contributed by atoms with Crippen LogP contribution in [0.1, 0.15) is 0 Å². The summed E-state index contributed by atoms with van der Waals surface area (Å²) in [5.41, 5.74) is 0. The molecule has 1 aromatic carbocycles. The second kappa shape index (κ2) is 4.40. The van der Waals surface area contributed by atoms with E-state index in [4.69, 9.17) is 14.2 Å². The van der Waals surface area contributed by atoms with Gasteiger partial charge in [-0.25, -0.2) is 0 Å². The third-order valence-corrected chi connectivity index (χ3v) is 2.37. The third kappa shape index (κ3) is 2.33. The zero-order chi connectivity index (χ0) is 10.7. The zero-order valence-corrected chi connectivity index (χ0v) is 8.95. The average molecular weight is 209 g/mol. The van der Waals surface area contributed by atoms with Crippen molar-refractivity contribution in [1.82, 2.24) is 5.32 Å². The van der Waals surface area contributed by atoms with Gasteiger partial charge in [-0.2, -0.15) is 0 Å². The lowest BCUT2D eigenvalue weighted by Crippen LogP contribution is -2.50. The predicted molar refractivity (Wildman–Crippen MR) is 56.8 cm³/mol. The zero-order valence-electron chi connectivity index (χ0n) is 8.95. The molecule has 4 nitrogen and oxygen atoms in total. The van der Waals surface area contributed by atoms with Gasteiger partial charge in [-0.15, -0.1) is 0 Å².